The monoisotopic (exact) mass is 157 g/mol. The Labute approximate surface area is 66.4 Å². The van der Waals surface area contributed by atoms with Crippen molar-refractivity contribution in [3.8, 4) is 0 Å². The fraction of sp³-hybridized carbons (Fsp3) is 0.875. The van der Waals surface area contributed by atoms with Crippen molar-refractivity contribution < 1.29 is 14.6 Å². The molecule has 3 nitrogen and oxygen atoms in total. The molecule has 0 spiro atoms. The van der Waals surface area contributed by atoms with E-state index in [-0.39, 0.29) is 12.7 Å². The summed E-state index contributed by atoms with van der Waals surface area (Å²) in [7, 11) is 0. The highest BCUT2D eigenvalue weighted by molar-refractivity contribution is 5.65. The van der Waals surface area contributed by atoms with Gasteiger partial charge in [-0.1, -0.05) is 19.3 Å². The van der Waals surface area contributed by atoms with Crippen LogP contribution in [0.4, 0.5) is 0 Å². The highest BCUT2D eigenvalue weighted by Crippen LogP contribution is 2.19. The van der Waals surface area contributed by atoms with Crippen molar-refractivity contribution in [3.05, 3.63) is 0 Å². The van der Waals surface area contributed by atoms with Gasteiger partial charge in [0, 0.05) is 0 Å². The molecule has 0 bridgehead atoms. The van der Waals surface area contributed by atoms with E-state index in [2.05, 4.69) is 0 Å². The minimum absolute atomic E-state index is 0.168. The summed E-state index contributed by atoms with van der Waals surface area (Å²) in [6.07, 6.45) is 5.77. The van der Waals surface area contributed by atoms with Crippen LogP contribution in [0.2, 0.25) is 0 Å². The highest BCUT2D eigenvalue weighted by atomic mass is 16.5. The quantitative estimate of drug-likeness (QED) is 0.583. The number of carbonyl (C=O) groups excluding carboxylic acids is 1. The average molecular weight is 157 g/mol. The summed E-state index contributed by atoms with van der Waals surface area (Å²) >= 11 is 0. The zero-order chi connectivity index (χ0) is 8.10. The van der Waals surface area contributed by atoms with Crippen LogP contribution in [0.15, 0.2) is 0 Å². The Balaban J connectivity index is 2.09. The fourth-order valence-electron chi connectivity index (χ4n) is 1.42. The summed E-state index contributed by atoms with van der Waals surface area (Å²) in [6.45, 7) is -0.245. The summed E-state index contributed by atoms with van der Waals surface area (Å²) in [5, 5.41) is 10.0. The Hall–Kier alpha value is -0.570. The van der Waals surface area contributed by atoms with Gasteiger partial charge >= 0.3 is 0 Å². The molecule has 0 unspecified atom stereocenters. The Morgan fingerprint density at radius 2 is 2.00 bits per heavy atom. The van der Waals surface area contributed by atoms with Gasteiger partial charge in [0.15, 0.2) is 0 Å². The lowest BCUT2D eigenvalue weighted by molar-refractivity contribution is -0.310. The predicted molar refractivity (Wildman–Crippen MR) is 37.8 cm³/mol. The van der Waals surface area contributed by atoms with Crippen molar-refractivity contribution in [2.75, 3.05) is 6.61 Å². The second kappa shape index (κ2) is 4.34. The van der Waals surface area contributed by atoms with Crippen molar-refractivity contribution in [1.82, 2.24) is 0 Å². The Morgan fingerprint density at radius 1 is 1.36 bits per heavy atom. The van der Waals surface area contributed by atoms with E-state index in [9.17, 15) is 9.90 Å². The predicted octanol–water partition coefficient (Wildman–Crippen LogP) is 0.0856. The zero-order valence-corrected chi connectivity index (χ0v) is 6.54. The number of hydrogen-bond acceptors (Lipinski definition) is 3. The van der Waals surface area contributed by atoms with Gasteiger partial charge in [-0.3, -0.25) is 0 Å². The maximum absolute atomic E-state index is 10.0. The Morgan fingerprint density at radius 3 is 2.55 bits per heavy atom. The first kappa shape index (κ1) is 8.53. The molecular weight excluding hydrogens is 144 g/mol. The Kier molecular flexibility index (Phi) is 3.36. The molecule has 0 atom stereocenters. The van der Waals surface area contributed by atoms with Gasteiger partial charge in [0.05, 0.1) is 18.7 Å². The maximum Gasteiger partial charge on any atom is 0.0864 e. The van der Waals surface area contributed by atoms with E-state index in [1.54, 1.807) is 0 Å². The normalized spacial score (nSPS) is 20.0. The van der Waals surface area contributed by atoms with Crippen LogP contribution in [-0.4, -0.2) is 18.7 Å². The average Bonchev–Trinajstić information content (AvgIpc) is 2.03. The smallest absolute Gasteiger partial charge is 0.0864 e. The van der Waals surface area contributed by atoms with Gasteiger partial charge in [-0.05, 0) is 12.8 Å². The summed E-state index contributed by atoms with van der Waals surface area (Å²) < 4.78 is 5.08. The van der Waals surface area contributed by atoms with Crippen LogP contribution in [0.3, 0.4) is 0 Å². The molecule has 64 valence electrons. The molecule has 3 heteroatoms. The van der Waals surface area contributed by atoms with Crippen molar-refractivity contribution >= 4 is 5.97 Å². The third-order valence-electron chi connectivity index (χ3n) is 1.99. The van der Waals surface area contributed by atoms with Crippen molar-refractivity contribution in [2.24, 2.45) is 0 Å². The zero-order valence-electron chi connectivity index (χ0n) is 6.54. The lowest BCUT2D eigenvalue weighted by Gasteiger charge is -2.21. The van der Waals surface area contributed by atoms with Crippen LogP contribution < -0.4 is 5.11 Å². The molecular formula is C8H13O3-. The lowest BCUT2D eigenvalue weighted by atomic mass is 9.98. The molecule has 1 aliphatic carbocycles. The SMILES string of the molecule is O=C([O-])COC1CCCCC1. The van der Waals surface area contributed by atoms with Gasteiger partial charge < -0.3 is 14.6 Å². The molecule has 1 fully saturated rings. The van der Waals surface area contributed by atoms with E-state index in [4.69, 9.17) is 4.74 Å². The Bertz CT molecular complexity index is 127. The summed E-state index contributed by atoms with van der Waals surface area (Å²) in [5.74, 6) is -1.12. The summed E-state index contributed by atoms with van der Waals surface area (Å²) in [6, 6.07) is 0. The fourth-order valence-corrected chi connectivity index (χ4v) is 1.42. The number of carboxylic acid groups (broad SMARTS) is 1. The number of aliphatic carboxylic acids is 1. The molecule has 1 saturated carbocycles. The van der Waals surface area contributed by atoms with Gasteiger partial charge in [0.1, 0.15) is 0 Å². The molecule has 0 aromatic heterocycles. The van der Waals surface area contributed by atoms with Crippen molar-refractivity contribution in [3.63, 3.8) is 0 Å². The third-order valence-corrected chi connectivity index (χ3v) is 1.99. The molecule has 0 saturated heterocycles. The number of rotatable bonds is 3. The molecule has 0 aromatic carbocycles. The van der Waals surface area contributed by atoms with E-state index in [0.717, 1.165) is 25.7 Å². The molecule has 11 heavy (non-hydrogen) atoms. The first-order valence-electron chi connectivity index (χ1n) is 4.10. The molecule has 0 N–H and O–H groups in total. The minimum atomic E-state index is -1.12. The lowest BCUT2D eigenvalue weighted by Crippen LogP contribution is -2.30. The number of hydrogen-bond donors (Lipinski definition) is 0. The van der Waals surface area contributed by atoms with E-state index in [0.29, 0.717) is 0 Å². The van der Waals surface area contributed by atoms with Crippen LogP contribution in [0.5, 0.6) is 0 Å². The molecule has 0 aliphatic heterocycles. The number of ether oxygens (including phenoxy) is 1. The van der Waals surface area contributed by atoms with Crippen LogP contribution in [0, 0.1) is 0 Å². The van der Waals surface area contributed by atoms with Gasteiger partial charge in [-0.2, -0.15) is 0 Å². The second-order valence-corrected chi connectivity index (χ2v) is 2.94. The third kappa shape index (κ3) is 3.37. The molecule has 0 aromatic rings. The van der Waals surface area contributed by atoms with E-state index < -0.39 is 5.97 Å². The van der Waals surface area contributed by atoms with Gasteiger partial charge in [0.2, 0.25) is 0 Å². The van der Waals surface area contributed by atoms with Gasteiger partial charge in [-0.25, -0.2) is 0 Å². The molecule has 1 rings (SSSR count). The first-order chi connectivity index (χ1) is 5.29. The van der Waals surface area contributed by atoms with Crippen LogP contribution in [0.25, 0.3) is 0 Å². The topological polar surface area (TPSA) is 49.4 Å². The highest BCUT2D eigenvalue weighted by Gasteiger charge is 2.12. The molecule has 0 amide bonds. The first-order valence-corrected chi connectivity index (χ1v) is 4.10. The van der Waals surface area contributed by atoms with Crippen LogP contribution in [0.1, 0.15) is 32.1 Å². The number of carboxylic acids is 1. The molecule has 0 radical (unpaired) electrons. The van der Waals surface area contributed by atoms with Crippen LogP contribution >= 0.6 is 0 Å². The van der Waals surface area contributed by atoms with E-state index in [1.165, 1.54) is 6.42 Å². The largest absolute Gasteiger partial charge is 0.548 e. The summed E-state index contributed by atoms with van der Waals surface area (Å²) in [5.41, 5.74) is 0. The standard InChI is InChI=1S/C8H14O3/c9-8(10)6-11-7-4-2-1-3-5-7/h7H,1-6H2,(H,9,10)/p-1. The van der Waals surface area contributed by atoms with Crippen molar-refractivity contribution in [2.45, 2.75) is 38.2 Å². The molecule has 1 aliphatic rings. The number of carbonyl (C=O) groups is 1. The molecule has 0 heterocycles. The van der Waals surface area contributed by atoms with Gasteiger partial charge in [-0.15, -0.1) is 0 Å². The van der Waals surface area contributed by atoms with E-state index in [1.807, 2.05) is 0 Å². The van der Waals surface area contributed by atoms with Crippen molar-refractivity contribution in [1.29, 1.82) is 0 Å². The maximum atomic E-state index is 10.0. The minimum Gasteiger partial charge on any atom is -0.548 e. The van der Waals surface area contributed by atoms with E-state index >= 15 is 0 Å². The summed E-state index contributed by atoms with van der Waals surface area (Å²) in [4.78, 5) is 10.0. The van der Waals surface area contributed by atoms with Gasteiger partial charge in [0.25, 0.3) is 0 Å². The van der Waals surface area contributed by atoms with Crippen LogP contribution in [-0.2, 0) is 9.53 Å². The second-order valence-electron chi connectivity index (χ2n) is 2.94.